The summed E-state index contributed by atoms with van der Waals surface area (Å²) >= 11 is 0. The molecule has 0 spiro atoms. The van der Waals surface area contributed by atoms with Crippen molar-refractivity contribution in [2.45, 2.75) is 19.1 Å². The van der Waals surface area contributed by atoms with Crippen molar-refractivity contribution < 1.29 is 9.66 Å². The zero-order valence-electron chi connectivity index (χ0n) is 11.3. The minimum atomic E-state index is -0.540. The lowest BCUT2D eigenvalue weighted by Crippen LogP contribution is -2.17. The Morgan fingerprint density at radius 3 is 2.00 bits per heavy atom. The molecule has 104 valence electrons. The van der Waals surface area contributed by atoms with Gasteiger partial charge in [-0.3, -0.25) is 10.1 Å². The van der Waals surface area contributed by atoms with Crippen LogP contribution in [0.4, 0.5) is 0 Å². The molecule has 2 aromatic carbocycles. The van der Waals surface area contributed by atoms with E-state index in [1.165, 1.54) is 0 Å². The van der Waals surface area contributed by atoms with Gasteiger partial charge in [-0.1, -0.05) is 60.7 Å². The topological polar surface area (TPSA) is 52.4 Å². The van der Waals surface area contributed by atoms with E-state index in [1.54, 1.807) is 0 Å². The molecule has 0 aliphatic carbocycles. The molecule has 2 unspecified atom stereocenters. The van der Waals surface area contributed by atoms with Crippen molar-refractivity contribution in [3.05, 3.63) is 81.9 Å². The summed E-state index contributed by atoms with van der Waals surface area (Å²) in [5, 5.41) is 10.8. The molecule has 2 aromatic rings. The molecule has 2 atom stereocenters. The third-order valence-electron chi connectivity index (χ3n) is 3.12. The Labute approximate surface area is 118 Å². The van der Waals surface area contributed by atoms with E-state index in [2.05, 4.69) is 0 Å². The molecule has 4 nitrogen and oxygen atoms in total. The van der Waals surface area contributed by atoms with E-state index in [0.717, 1.165) is 11.1 Å². The smallest absolute Gasteiger partial charge is 0.233 e. The monoisotopic (exact) mass is 271 g/mol. The Bertz CT molecular complexity index is 542. The van der Waals surface area contributed by atoms with Crippen molar-refractivity contribution in [3.63, 3.8) is 0 Å². The SMILES string of the molecule is CC(OC(C[N+](=O)[O-])c1ccccc1)c1ccccc1. The fraction of sp³-hybridized carbons (Fsp3) is 0.250. The van der Waals surface area contributed by atoms with Crippen LogP contribution in [-0.4, -0.2) is 11.5 Å². The van der Waals surface area contributed by atoms with Gasteiger partial charge in [0, 0.05) is 4.92 Å². The van der Waals surface area contributed by atoms with Crippen LogP contribution in [0.25, 0.3) is 0 Å². The Morgan fingerprint density at radius 2 is 1.50 bits per heavy atom. The minimum Gasteiger partial charge on any atom is -0.359 e. The van der Waals surface area contributed by atoms with Crippen LogP contribution in [0.1, 0.15) is 30.3 Å². The van der Waals surface area contributed by atoms with Gasteiger partial charge in [0.2, 0.25) is 6.54 Å². The van der Waals surface area contributed by atoms with Gasteiger partial charge in [0.15, 0.2) is 0 Å². The summed E-state index contributed by atoms with van der Waals surface area (Å²) in [6, 6.07) is 19.0. The molecule has 20 heavy (non-hydrogen) atoms. The summed E-state index contributed by atoms with van der Waals surface area (Å²) in [5.41, 5.74) is 1.84. The van der Waals surface area contributed by atoms with Crippen molar-refractivity contribution in [2.24, 2.45) is 0 Å². The van der Waals surface area contributed by atoms with Crippen LogP contribution in [0.5, 0.6) is 0 Å². The average molecular weight is 271 g/mol. The minimum absolute atomic E-state index is 0.193. The van der Waals surface area contributed by atoms with Gasteiger partial charge < -0.3 is 4.74 Å². The molecule has 0 aromatic heterocycles. The van der Waals surface area contributed by atoms with E-state index in [4.69, 9.17) is 4.74 Å². The molecule has 0 amide bonds. The Kier molecular flexibility index (Phi) is 4.85. The second-order valence-electron chi connectivity index (χ2n) is 4.60. The maximum Gasteiger partial charge on any atom is 0.233 e. The lowest BCUT2D eigenvalue weighted by Gasteiger charge is -2.20. The fourth-order valence-electron chi connectivity index (χ4n) is 2.08. The number of nitro groups is 1. The standard InChI is InChI=1S/C16H17NO3/c1-13(14-8-4-2-5-9-14)20-16(12-17(18)19)15-10-6-3-7-11-15/h2-11,13,16H,12H2,1H3. The number of rotatable bonds is 6. The first-order valence-electron chi connectivity index (χ1n) is 6.54. The average Bonchev–Trinajstić information content (AvgIpc) is 2.48. The fourth-order valence-corrected chi connectivity index (χ4v) is 2.08. The van der Waals surface area contributed by atoms with Gasteiger partial charge in [0.1, 0.15) is 6.10 Å². The lowest BCUT2D eigenvalue weighted by atomic mass is 10.1. The van der Waals surface area contributed by atoms with Crippen LogP contribution in [0, 0.1) is 10.1 Å². The Balaban J connectivity index is 2.14. The van der Waals surface area contributed by atoms with E-state index in [1.807, 2.05) is 67.6 Å². The van der Waals surface area contributed by atoms with Gasteiger partial charge in [-0.25, -0.2) is 0 Å². The number of hydrogen-bond acceptors (Lipinski definition) is 3. The normalized spacial score (nSPS) is 13.7. The summed E-state index contributed by atoms with van der Waals surface area (Å²) < 4.78 is 5.89. The first kappa shape index (κ1) is 14.2. The van der Waals surface area contributed by atoms with Crippen molar-refractivity contribution >= 4 is 0 Å². The van der Waals surface area contributed by atoms with E-state index in [-0.39, 0.29) is 17.6 Å². The van der Waals surface area contributed by atoms with Crippen LogP contribution in [0.3, 0.4) is 0 Å². The highest BCUT2D eigenvalue weighted by molar-refractivity contribution is 5.20. The number of nitrogens with zero attached hydrogens (tertiary/aromatic N) is 1. The zero-order chi connectivity index (χ0) is 14.4. The highest BCUT2D eigenvalue weighted by Gasteiger charge is 2.21. The summed E-state index contributed by atoms with van der Waals surface area (Å²) in [6.45, 7) is 1.67. The molecule has 4 heteroatoms. The summed E-state index contributed by atoms with van der Waals surface area (Å²) in [6.07, 6.45) is -0.734. The van der Waals surface area contributed by atoms with E-state index >= 15 is 0 Å². The number of hydrogen-bond donors (Lipinski definition) is 0. The molecule has 0 N–H and O–H groups in total. The summed E-state index contributed by atoms with van der Waals surface area (Å²) in [7, 11) is 0. The molecule has 2 rings (SSSR count). The Hall–Kier alpha value is -2.20. The van der Waals surface area contributed by atoms with Gasteiger partial charge in [0.05, 0.1) is 6.10 Å². The van der Waals surface area contributed by atoms with Crippen molar-refractivity contribution in [1.82, 2.24) is 0 Å². The second-order valence-corrected chi connectivity index (χ2v) is 4.60. The molecule has 0 saturated heterocycles. The van der Waals surface area contributed by atoms with E-state index in [0.29, 0.717) is 0 Å². The molecule has 0 bridgehead atoms. The van der Waals surface area contributed by atoms with Crippen LogP contribution in [0.2, 0.25) is 0 Å². The van der Waals surface area contributed by atoms with Crippen LogP contribution in [-0.2, 0) is 4.74 Å². The van der Waals surface area contributed by atoms with Gasteiger partial charge >= 0.3 is 0 Å². The molecular weight excluding hydrogens is 254 g/mol. The van der Waals surface area contributed by atoms with Gasteiger partial charge in [-0.05, 0) is 18.1 Å². The molecule has 0 saturated carbocycles. The first-order chi connectivity index (χ1) is 9.66. The molecular formula is C16H17NO3. The highest BCUT2D eigenvalue weighted by Crippen LogP contribution is 2.26. The van der Waals surface area contributed by atoms with Gasteiger partial charge in [-0.15, -0.1) is 0 Å². The van der Waals surface area contributed by atoms with Gasteiger partial charge in [0.25, 0.3) is 0 Å². The lowest BCUT2D eigenvalue weighted by molar-refractivity contribution is -0.493. The van der Waals surface area contributed by atoms with Crippen LogP contribution in [0.15, 0.2) is 60.7 Å². The highest BCUT2D eigenvalue weighted by atomic mass is 16.6. The maximum atomic E-state index is 10.8. The van der Waals surface area contributed by atoms with Crippen molar-refractivity contribution in [3.8, 4) is 0 Å². The van der Waals surface area contributed by atoms with Crippen LogP contribution >= 0.6 is 0 Å². The summed E-state index contributed by atoms with van der Waals surface area (Å²) in [4.78, 5) is 10.5. The maximum absolute atomic E-state index is 10.8. The predicted molar refractivity (Wildman–Crippen MR) is 77.0 cm³/mol. The Morgan fingerprint density at radius 1 is 1.00 bits per heavy atom. The summed E-state index contributed by atoms with van der Waals surface area (Å²) in [5.74, 6) is 0. The molecule has 0 aliphatic rings. The number of ether oxygens (including phenoxy) is 1. The predicted octanol–water partition coefficient (Wildman–Crippen LogP) is 3.78. The molecule has 0 heterocycles. The van der Waals surface area contributed by atoms with Crippen LogP contribution < -0.4 is 0 Å². The second kappa shape index (κ2) is 6.82. The first-order valence-corrected chi connectivity index (χ1v) is 6.54. The van der Waals surface area contributed by atoms with E-state index < -0.39 is 6.10 Å². The zero-order valence-corrected chi connectivity index (χ0v) is 11.3. The molecule has 0 radical (unpaired) electrons. The van der Waals surface area contributed by atoms with Gasteiger partial charge in [-0.2, -0.15) is 0 Å². The number of benzene rings is 2. The quantitative estimate of drug-likeness (QED) is 0.593. The third-order valence-corrected chi connectivity index (χ3v) is 3.12. The third kappa shape index (κ3) is 3.90. The van der Waals surface area contributed by atoms with Crippen molar-refractivity contribution in [2.75, 3.05) is 6.54 Å². The van der Waals surface area contributed by atoms with E-state index in [9.17, 15) is 10.1 Å². The molecule has 0 aliphatic heterocycles. The van der Waals surface area contributed by atoms with Crippen molar-refractivity contribution in [1.29, 1.82) is 0 Å². The molecule has 0 fully saturated rings. The largest absolute Gasteiger partial charge is 0.359 e.